The van der Waals surface area contributed by atoms with Crippen LogP contribution in [0.1, 0.15) is 10.6 Å². The van der Waals surface area contributed by atoms with Gasteiger partial charge in [-0.05, 0) is 30.3 Å². The lowest BCUT2D eigenvalue weighted by molar-refractivity contribution is 0.355. The lowest BCUT2D eigenvalue weighted by Crippen LogP contribution is -2.35. The van der Waals surface area contributed by atoms with E-state index in [-0.39, 0.29) is 17.2 Å². The van der Waals surface area contributed by atoms with E-state index in [4.69, 9.17) is 23.9 Å². The number of benzene rings is 2. The highest BCUT2D eigenvalue weighted by Gasteiger charge is 2.33. The summed E-state index contributed by atoms with van der Waals surface area (Å²) in [5.41, 5.74) is 1.81. The first kappa shape index (κ1) is 22.4. The summed E-state index contributed by atoms with van der Waals surface area (Å²) in [5.74, 6) is 2.00. The highest BCUT2D eigenvalue weighted by molar-refractivity contribution is 7.89. The summed E-state index contributed by atoms with van der Waals surface area (Å²) >= 11 is 1.48. The van der Waals surface area contributed by atoms with E-state index in [1.807, 2.05) is 18.2 Å². The van der Waals surface area contributed by atoms with E-state index >= 15 is 0 Å². The first-order valence-corrected chi connectivity index (χ1v) is 12.1. The molecular formula is C22H24N2O6S2. The number of rotatable bonds is 7. The number of thiazole rings is 1. The first-order valence-electron chi connectivity index (χ1n) is 9.84. The van der Waals surface area contributed by atoms with Crippen LogP contribution in [0, 0.1) is 0 Å². The van der Waals surface area contributed by atoms with E-state index in [1.165, 1.54) is 35.9 Å². The van der Waals surface area contributed by atoms with Crippen molar-refractivity contribution >= 4 is 21.4 Å². The largest absolute Gasteiger partial charge is 0.497 e. The fourth-order valence-corrected chi connectivity index (χ4v) is 6.38. The molecule has 0 fully saturated rings. The molecule has 0 unspecified atom stereocenters. The van der Waals surface area contributed by atoms with Crippen molar-refractivity contribution in [1.29, 1.82) is 0 Å². The molecule has 2 heterocycles. The van der Waals surface area contributed by atoms with Crippen LogP contribution in [0.15, 0.2) is 41.3 Å². The van der Waals surface area contributed by atoms with Gasteiger partial charge < -0.3 is 18.9 Å². The third kappa shape index (κ3) is 4.01. The van der Waals surface area contributed by atoms with Gasteiger partial charge in [0.1, 0.15) is 21.4 Å². The highest BCUT2D eigenvalue weighted by atomic mass is 32.2. The van der Waals surface area contributed by atoms with Crippen molar-refractivity contribution in [3.63, 3.8) is 0 Å². The van der Waals surface area contributed by atoms with Crippen molar-refractivity contribution in [2.75, 3.05) is 35.0 Å². The normalized spacial score (nSPS) is 14.0. The average Bonchev–Trinajstić information content (AvgIpc) is 3.26. The smallest absolute Gasteiger partial charge is 0.247 e. The van der Waals surface area contributed by atoms with Gasteiger partial charge >= 0.3 is 0 Å². The van der Waals surface area contributed by atoms with Gasteiger partial charge in [0, 0.05) is 29.5 Å². The summed E-state index contributed by atoms with van der Waals surface area (Å²) < 4.78 is 49.5. The van der Waals surface area contributed by atoms with Gasteiger partial charge in [-0.3, -0.25) is 0 Å². The van der Waals surface area contributed by atoms with Gasteiger partial charge in [0.2, 0.25) is 10.0 Å². The van der Waals surface area contributed by atoms with Crippen LogP contribution in [-0.2, 0) is 23.0 Å². The zero-order valence-electron chi connectivity index (χ0n) is 18.2. The number of hydrogen-bond donors (Lipinski definition) is 0. The third-order valence-corrected chi connectivity index (χ3v) is 8.31. The number of ether oxygens (including phenoxy) is 4. The van der Waals surface area contributed by atoms with Gasteiger partial charge in [0.15, 0.2) is 11.5 Å². The number of nitrogens with zero attached hydrogens (tertiary/aromatic N) is 2. The number of sulfonamides is 1. The molecule has 0 radical (unpaired) electrons. The summed E-state index contributed by atoms with van der Waals surface area (Å²) in [7, 11) is 2.34. The second-order valence-corrected chi connectivity index (χ2v) is 10.1. The van der Waals surface area contributed by atoms with Crippen LogP contribution in [0.5, 0.6) is 23.0 Å². The Bertz CT molecular complexity index is 1240. The maximum Gasteiger partial charge on any atom is 0.247 e. The predicted molar refractivity (Wildman–Crippen MR) is 121 cm³/mol. The zero-order valence-corrected chi connectivity index (χ0v) is 19.9. The molecule has 0 N–H and O–H groups in total. The quantitative estimate of drug-likeness (QED) is 0.515. The minimum absolute atomic E-state index is 0.0902. The van der Waals surface area contributed by atoms with E-state index in [0.29, 0.717) is 30.2 Å². The maximum absolute atomic E-state index is 13.4. The van der Waals surface area contributed by atoms with Gasteiger partial charge in [-0.1, -0.05) is 0 Å². The Morgan fingerprint density at radius 1 is 0.906 bits per heavy atom. The van der Waals surface area contributed by atoms with E-state index in [0.717, 1.165) is 21.1 Å². The zero-order chi connectivity index (χ0) is 22.9. The van der Waals surface area contributed by atoms with Crippen LogP contribution in [0.3, 0.4) is 0 Å². The molecule has 1 aromatic heterocycles. The molecule has 2 aromatic carbocycles. The maximum atomic E-state index is 13.4. The van der Waals surface area contributed by atoms with E-state index < -0.39 is 10.0 Å². The lowest BCUT2D eigenvalue weighted by Gasteiger charge is -2.26. The lowest BCUT2D eigenvalue weighted by atomic mass is 10.2. The van der Waals surface area contributed by atoms with Gasteiger partial charge in [0.05, 0.1) is 40.7 Å². The van der Waals surface area contributed by atoms with Crippen LogP contribution in [0.2, 0.25) is 0 Å². The Labute approximate surface area is 191 Å². The van der Waals surface area contributed by atoms with Crippen LogP contribution in [-0.4, -0.2) is 52.7 Å². The molecule has 0 saturated heterocycles. The first-order chi connectivity index (χ1) is 15.4. The van der Waals surface area contributed by atoms with Gasteiger partial charge in [0.25, 0.3) is 0 Å². The second-order valence-electron chi connectivity index (χ2n) is 7.06. The van der Waals surface area contributed by atoms with Crippen molar-refractivity contribution < 1.29 is 27.4 Å². The third-order valence-electron chi connectivity index (χ3n) is 5.32. The monoisotopic (exact) mass is 476 g/mol. The minimum Gasteiger partial charge on any atom is -0.497 e. The Hall–Kier alpha value is -2.82. The average molecular weight is 477 g/mol. The van der Waals surface area contributed by atoms with Gasteiger partial charge in [-0.25, -0.2) is 13.4 Å². The molecule has 0 bridgehead atoms. The Kier molecular flexibility index (Phi) is 6.27. The number of aromatic nitrogens is 1. The minimum atomic E-state index is -3.78. The van der Waals surface area contributed by atoms with Crippen LogP contribution >= 0.6 is 11.3 Å². The molecule has 1 aliphatic heterocycles. The molecule has 10 heteroatoms. The fourth-order valence-electron chi connectivity index (χ4n) is 3.59. The van der Waals surface area contributed by atoms with Crippen molar-refractivity contribution in [2.45, 2.75) is 17.9 Å². The SMILES string of the molecule is COc1ccc(OC)c(S(=O)(=O)N2CCc3nc(-c4ccc(OC)c(OC)c4)sc3C2)c1. The Morgan fingerprint density at radius 2 is 1.62 bits per heavy atom. The Morgan fingerprint density at radius 3 is 2.31 bits per heavy atom. The molecule has 170 valence electrons. The van der Waals surface area contributed by atoms with Crippen LogP contribution in [0.4, 0.5) is 0 Å². The molecule has 0 saturated carbocycles. The Balaban J connectivity index is 1.65. The van der Waals surface area contributed by atoms with E-state index in [2.05, 4.69) is 0 Å². The number of hydrogen-bond acceptors (Lipinski definition) is 8. The summed E-state index contributed by atoms with van der Waals surface area (Å²) in [6.45, 7) is 0.591. The molecule has 0 atom stereocenters. The summed E-state index contributed by atoms with van der Waals surface area (Å²) in [6.07, 6.45) is 0.532. The van der Waals surface area contributed by atoms with E-state index in [1.54, 1.807) is 26.4 Å². The summed E-state index contributed by atoms with van der Waals surface area (Å²) in [5, 5.41) is 0.814. The number of fused-ring (bicyclic) bond motifs is 1. The molecular weight excluding hydrogens is 452 g/mol. The standard InChI is InChI=1S/C22H24N2O6S2/c1-27-15-6-8-18(29-3)21(12-15)32(25,26)24-10-9-16-20(13-24)31-22(23-16)14-5-7-17(28-2)19(11-14)30-4/h5-8,11-12H,9-10,13H2,1-4H3. The summed E-state index contributed by atoms with van der Waals surface area (Å²) in [4.78, 5) is 5.77. The van der Waals surface area contributed by atoms with Crippen molar-refractivity contribution in [2.24, 2.45) is 0 Å². The van der Waals surface area contributed by atoms with Crippen molar-refractivity contribution in [3.8, 4) is 33.6 Å². The van der Waals surface area contributed by atoms with Crippen LogP contribution < -0.4 is 18.9 Å². The molecule has 3 aromatic rings. The van der Waals surface area contributed by atoms with Crippen molar-refractivity contribution in [1.82, 2.24) is 9.29 Å². The molecule has 8 nitrogen and oxygen atoms in total. The molecule has 0 aliphatic carbocycles. The fraction of sp³-hybridized carbons (Fsp3) is 0.318. The van der Waals surface area contributed by atoms with Gasteiger partial charge in [-0.15, -0.1) is 11.3 Å². The highest BCUT2D eigenvalue weighted by Crippen LogP contribution is 2.38. The molecule has 4 rings (SSSR count). The summed E-state index contributed by atoms with van der Waals surface area (Å²) in [6, 6.07) is 10.4. The van der Waals surface area contributed by atoms with Crippen LogP contribution in [0.25, 0.3) is 10.6 Å². The molecule has 1 aliphatic rings. The molecule has 0 amide bonds. The molecule has 0 spiro atoms. The number of methoxy groups -OCH3 is 4. The topological polar surface area (TPSA) is 87.2 Å². The van der Waals surface area contributed by atoms with E-state index in [9.17, 15) is 8.42 Å². The predicted octanol–water partition coefficient (Wildman–Crippen LogP) is 3.59. The van der Waals surface area contributed by atoms with Gasteiger partial charge in [-0.2, -0.15) is 4.31 Å². The second kappa shape index (κ2) is 8.97. The molecule has 32 heavy (non-hydrogen) atoms. The van der Waals surface area contributed by atoms with Crippen molar-refractivity contribution in [3.05, 3.63) is 47.0 Å².